The van der Waals surface area contributed by atoms with Gasteiger partial charge in [-0.2, -0.15) is 0 Å². The quantitative estimate of drug-likeness (QED) is 0.429. The van der Waals surface area contributed by atoms with Crippen molar-refractivity contribution in [3.05, 3.63) is 34.0 Å². The van der Waals surface area contributed by atoms with Gasteiger partial charge in [0.1, 0.15) is 0 Å². The first-order chi connectivity index (χ1) is 14.5. The van der Waals surface area contributed by atoms with Crippen molar-refractivity contribution in [2.24, 2.45) is 10.7 Å². The zero-order valence-corrected chi connectivity index (χ0v) is 18.1. The van der Waals surface area contributed by atoms with E-state index < -0.39 is 4.92 Å². The van der Waals surface area contributed by atoms with Crippen LogP contribution in [0, 0.1) is 10.1 Å². The number of aliphatic imine (C=N–C) groups is 1. The minimum absolute atomic E-state index is 0.0765. The number of methoxy groups -OCH3 is 1. The van der Waals surface area contributed by atoms with Crippen LogP contribution in [0.15, 0.2) is 23.3 Å². The highest BCUT2D eigenvalue weighted by Gasteiger charge is 2.29. The van der Waals surface area contributed by atoms with E-state index in [4.69, 9.17) is 10.5 Å². The molecule has 0 unspecified atom stereocenters. The third kappa shape index (κ3) is 4.73. The zero-order chi connectivity index (χ0) is 21.7. The first-order valence-electron chi connectivity index (χ1n) is 10.4. The summed E-state index contributed by atoms with van der Waals surface area (Å²) >= 11 is 0. The Morgan fingerprint density at radius 3 is 2.43 bits per heavy atom. The molecule has 2 saturated heterocycles. The average Bonchev–Trinajstić information content (AvgIpc) is 2.77. The van der Waals surface area contributed by atoms with E-state index in [1.165, 1.54) is 13.3 Å². The fourth-order valence-corrected chi connectivity index (χ4v) is 4.36. The highest BCUT2D eigenvalue weighted by atomic mass is 16.6. The summed E-state index contributed by atoms with van der Waals surface area (Å²) < 4.78 is 5.33. The largest absolute Gasteiger partial charge is 0.490 e. The minimum Gasteiger partial charge on any atom is -0.490 e. The number of nitro groups is 1. The molecule has 1 aromatic rings. The molecule has 0 bridgehead atoms. The zero-order valence-electron chi connectivity index (χ0n) is 18.1. The fourth-order valence-electron chi connectivity index (χ4n) is 4.36. The molecular formula is C21H32N6O3. The molecule has 0 aliphatic carbocycles. The molecule has 0 aromatic heterocycles. The number of ether oxygens (including phenoxy) is 1. The Hall–Kier alpha value is -2.65. The van der Waals surface area contributed by atoms with Gasteiger partial charge < -0.3 is 20.3 Å². The van der Waals surface area contributed by atoms with Crippen LogP contribution >= 0.6 is 0 Å². The van der Waals surface area contributed by atoms with Crippen molar-refractivity contribution in [1.29, 1.82) is 0 Å². The molecule has 2 N–H and O–H groups in total. The molecule has 9 heteroatoms. The third-order valence-corrected chi connectivity index (χ3v) is 6.11. The lowest BCUT2D eigenvalue weighted by atomic mass is 9.98. The minimum atomic E-state index is -0.428. The van der Waals surface area contributed by atoms with Crippen molar-refractivity contribution >= 4 is 23.2 Å². The predicted octanol–water partition coefficient (Wildman–Crippen LogP) is 1.82. The number of nitrogens with two attached hydrogens (primary N) is 1. The van der Waals surface area contributed by atoms with Crippen LogP contribution in [0.3, 0.4) is 0 Å². The van der Waals surface area contributed by atoms with Gasteiger partial charge in [-0.15, -0.1) is 0 Å². The van der Waals surface area contributed by atoms with Gasteiger partial charge in [0.2, 0.25) is 0 Å². The molecule has 1 aromatic carbocycles. The number of piperazine rings is 1. The Balaban J connectivity index is 1.86. The second kappa shape index (κ2) is 9.90. The normalized spacial score (nSPS) is 20.1. The average molecular weight is 417 g/mol. The smallest absolute Gasteiger partial charge is 0.311 e. The summed E-state index contributed by atoms with van der Waals surface area (Å²) in [5.74, 6) is 0.254. The number of nitro benzene ring substituents is 1. The van der Waals surface area contributed by atoms with Crippen LogP contribution in [0.1, 0.15) is 18.4 Å². The van der Waals surface area contributed by atoms with Gasteiger partial charge in [0, 0.05) is 93.7 Å². The molecule has 0 amide bonds. The van der Waals surface area contributed by atoms with E-state index in [0.29, 0.717) is 17.2 Å². The van der Waals surface area contributed by atoms with Gasteiger partial charge >= 0.3 is 5.69 Å². The van der Waals surface area contributed by atoms with Gasteiger partial charge in [-0.1, -0.05) is 0 Å². The molecule has 2 heterocycles. The Kier molecular flexibility index (Phi) is 7.28. The van der Waals surface area contributed by atoms with Crippen LogP contribution in [-0.4, -0.2) is 87.5 Å². The number of likely N-dealkylation sites (N-methyl/N-ethyl adjacent to an activating group) is 1. The molecule has 3 rings (SSSR count). The third-order valence-electron chi connectivity index (χ3n) is 6.11. The van der Waals surface area contributed by atoms with Crippen LogP contribution < -0.4 is 15.4 Å². The molecule has 0 radical (unpaired) electrons. The van der Waals surface area contributed by atoms with Gasteiger partial charge in [0.25, 0.3) is 0 Å². The molecule has 0 atom stereocenters. The first kappa shape index (κ1) is 22.0. The maximum atomic E-state index is 11.5. The van der Waals surface area contributed by atoms with Crippen LogP contribution in [0.4, 0.5) is 11.4 Å². The Morgan fingerprint density at radius 1 is 1.23 bits per heavy atom. The van der Waals surface area contributed by atoms with E-state index >= 15 is 0 Å². The molecule has 0 saturated carbocycles. The Morgan fingerprint density at radius 2 is 1.90 bits per heavy atom. The molecule has 2 fully saturated rings. The molecular weight excluding hydrogens is 384 g/mol. The van der Waals surface area contributed by atoms with Gasteiger partial charge in [-0.25, -0.2) is 0 Å². The highest BCUT2D eigenvalue weighted by Crippen LogP contribution is 2.39. The lowest BCUT2D eigenvalue weighted by molar-refractivity contribution is -0.385. The summed E-state index contributed by atoms with van der Waals surface area (Å²) in [5, 5.41) is 11.5. The number of allylic oxidation sites excluding steroid dienone is 1. The van der Waals surface area contributed by atoms with Crippen molar-refractivity contribution in [2.45, 2.75) is 18.9 Å². The summed E-state index contributed by atoms with van der Waals surface area (Å²) in [5.41, 5.74) is 8.01. The SMILES string of the molecule is CN=CC(=CN)c1cc([N+](=O)[O-])c(OC)cc1N1CCC(N2CCN(C)CC2)CC1. The number of piperidine rings is 1. The number of anilines is 1. The van der Waals surface area contributed by atoms with Crippen LogP contribution in [0.25, 0.3) is 5.57 Å². The van der Waals surface area contributed by atoms with Crippen LogP contribution in [0.2, 0.25) is 0 Å². The van der Waals surface area contributed by atoms with Gasteiger partial charge in [0.05, 0.1) is 12.0 Å². The van der Waals surface area contributed by atoms with Crippen LogP contribution in [-0.2, 0) is 0 Å². The predicted molar refractivity (Wildman–Crippen MR) is 121 cm³/mol. The second-order valence-corrected chi connectivity index (χ2v) is 7.87. The molecule has 164 valence electrons. The topological polar surface area (TPSA) is 100 Å². The lowest BCUT2D eigenvalue weighted by Gasteiger charge is -2.43. The van der Waals surface area contributed by atoms with Crippen molar-refractivity contribution in [1.82, 2.24) is 9.80 Å². The second-order valence-electron chi connectivity index (χ2n) is 7.87. The Bertz CT molecular complexity index is 809. The molecule has 2 aliphatic rings. The lowest BCUT2D eigenvalue weighted by Crippen LogP contribution is -2.52. The number of hydrogen-bond acceptors (Lipinski definition) is 8. The van der Waals surface area contributed by atoms with E-state index in [9.17, 15) is 10.1 Å². The highest BCUT2D eigenvalue weighted by molar-refractivity contribution is 6.12. The van der Waals surface area contributed by atoms with Crippen molar-refractivity contribution in [2.75, 3.05) is 65.4 Å². The summed E-state index contributed by atoms with van der Waals surface area (Å²) in [6.45, 7) is 6.23. The number of rotatable bonds is 6. The van der Waals surface area contributed by atoms with Crippen molar-refractivity contribution < 1.29 is 9.66 Å². The summed E-state index contributed by atoms with van der Waals surface area (Å²) in [4.78, 5) is 22.4. The van der Waals surface area contributed by atoms with E-state index in [1.54, 1.807) is 25.4 Å². The fraction of sp³-hybridized carbons (Fsp3) is 0.571. The van der Waals surface area contributed by atoms with Crippen molar-refractivity contribution in [3.8, 4) is 5.75 Å². The standard InChI is InChI=1S/C21H32N6O3/c1-23-15-16(14-22)18-12-20(27(28)29)21(30-3)13-19(18)26-6-4-17(5-7-26)25-10-8-24(2)9-11-25/h12-15,17H,4-11,22H2,1-3H3. The van der Waals surface area contributed by atoms with E-state index in [2.05, 4.69) is 26.7 Å². The maximum Gasteiger partial charge on any atom is 0.311 e. The number of benzene rings is 1. The maximum absolute atomic E-state index is 11.5. The van der Waals surface area contributed by atoms with E-state index in [0.717, 1.165) is 57.8 Å². The number of nitrogens with zero attached hydrogens (tertiary/aromatic N) is 5. The first-order valence-corrected chi connectivity index (χ1v) is 10.4. The van der Waals surface area contributed by atoms with E-state index in [-0.39, 0.29) is 11.4 Å². The van der Waals surface area contributed by atoms with E-state index in [1.807, 2.05) is 0 Å². The number of hydrogen-bond donors (Lipinski definition) is 1. The van der Waals surface area contributed by atoms with Gasteiger partial charge in [-0.3, -0.25) is 20.0 Å². The molecule has 9 nitrogen and oxygen atoms in total. The Labute approximate surface area is 177 Å². The molecule has 30 heavy (non-hydrogen) atoms. The summed E-state index contributed by atoms with van der Waals surface area (Å²) in [6, 6.07) is 3.89. The monoisotopic (exact) mass is 416 g/mol. The van der Waals surface area contributed by atoms with Crippen molar-refractivity contribution in [3.63, 3.8) is 0 Å². The molecule has 0 spiro atoms. The van der Waals surface area contributed by atoms with Crippen LogP contribution in [0.5, 0.6) is 5.75 Å². The summed E-state index contributed by atoms with van der Waals surface area (Å²) in [7, 11) is 5.28. The van der Waals surface area contributed by atoms with Gasteiger partial charge in [-0.05, 0) is 19.9 Å². The summed E-state index contributed by atoms with van der Waals surface area (Å²) in [6.07, 6.45) is 5.20. The molecule has 2 aliphatic heterocycles. The van der Waals surface area contributed by atoms with Gasteiger partial charge in [0.15, 0.2) is 5.75 Å².